The minimum atomic E-state index is -0.608. The molecule has 2 rings (SSSR count). The second-order valence-electron chi connectivity index (χ2n) is 5.00. The molecule has 0 aliphatic heterocycles. The van der Waals surface area contributed by atoms with Gasteiger partial charge in [-0.2, -0.15) is 0 Å². The maximum absolute atomic E-state index is 13.3. The monoisotopic (exact) mass is 289 g/mol. The molecule has 0 aliphatic carbocycles. The Morgan fingerprint density at radius 1 is 1.24 bits per heavy atom. The lowest BCUT2D eigenvalue weighted by Gasteiger charge is -2.14. The maximum atomic E-state index is 13.3. The van der Waals surface area contributed by atoms with E-state index in [1.165, 1.54) is 12.1 Å². The SMILES string of the molecule is CCC(C)Oc1cccc(NCc2ccc(O)c(F)c2)c1. The number of anilines is 1. The number of benzene rings is 2. The van der Waals surface area contributed by atoms with Crippen molar-refractivity contribution in [3.05, 3.63) is 53.8 Å². The van der Waals surface area contributed by atoms with Crippen LogP contribution in [0, 0.1) is 5.82 Å². The van der Waals surface area contributed by atoms with E-state index in [1.807, 2.05) is 31.2 Å². The fraction of sp³-hybridized carbons (Fsp3) is 0.294. The summed E-state index contributed by atoms with van der Waals surface area (Å²) in [6.45, 7) is 4.58. The Kier molecular flexibility index (Phi) is 5.04. The highest BCUT2D eigenvalue weighted by molar-refractivity contribution is 5.48. The van der Waals surface area contributed by atoms with Crippen molar-refractivity contribution in [1.82, 2.24) is 0 Å². The van der Waals surface area contributed by atoms with Crippen LogP contribution in [0.15, 0.2) is 42.5 Å². The normalized spacial score (nSPS) is 12.0. The first-order valence-corrected chi connectivity index (χ1v) is 7.06. The number of phenols is 1. The summed E-state index contributed by atoms with van der Waals surface area (Å²) in [6.07, 6.45) is 1.12. The Hall–Kier alpha value is -2.23. The summed E-state index contributed by atoms with van der Waals surface area (Å²) >= 11 is 0. The molecule has 0 aromatic heterocycles. The number of rotatable bonds is 6. The van der Waals surface area contributed by atoms with Crippen molar-refractivity contribution in [3.63, 3.8) is 0 Å². The molecular weight excluding hydrogens is 269 g/mol. The first kappa shape index (κ1) is 15.2. The van der Waals surface area contributed by atoms with Gasteiger partial charge in [-0.05, 0) is 43.2 Å². The van der Waals surface area contributed by atoms with Crippen molar-refractivity contribution in [1.29, 1.82) is 0 Å². The summed E-state index contributed by atoms with van der Waals surface area (Å²) in [6, 6.07) is 12.0. The summed E-state index contributed by atoms with van der Waals surface area (Å²) in [5.41, 5.74) is 1.67. The third-order valence-electron chi connectivity index (χ3n) is 3.25. The number of ether oxygens (including phenoxy) is 1. The highest BCUT2D eigenvalue weighted by atomic mass is 19.1. The van der Waals surface area contributed by atoms with Crippen molar-refractivity contribution in [2.45, 2.75) is 32.9 Å². The highest BCUT2D eigenvalue weighted by Gasteiger charge is 2.04. The van der Waals surface area contributed by atoms with Crippen molar-refractivity contribution in [3.8, 4) is 11.5 Å². The molecule has 4 heteroatoms. The minimum absolute atomic E-state index is 0.173. The molecule has 1 unspecified atom stereocenters. The Balaban J connectivity index is 1.99. The largest absolute Gasteiger partial charge is 0.505 e. The van der Waals surface area contributed by atoms with Crippen LogP contribution in [0.5, 0.6) is 11.5 Å². The third kappa shape index (κ3) is 4.38. The minimum Gasteiger partial charge on any atom is -0.505 e. The molecule has 0 heterocycles. The quantitative estimate of drug-likeness (QED) is 0.832. The van der Waals surface area contributed by atoms with E-state index in [2.05, 4.69) is 12.2 Å². The van der Waals surface area contributed by atoms with Gasteiger partial charge in [0.1, 0.15) is 5.75 Å². The van der Waals surface area contributed by atoms with E-state index < -0.39 is 5.82 Å². The van der Waals surface area contributed by atoms with Crippen molar-refractivity contribution >= 4 is 5.69 Å². The first-order chi connectivity index (χ1) is 10.1. The van der Waals surface area contributed by atoms with Crippen LogP contribution in [0.3, 0.4) is 0 Å². The van der Waals surface area contributed by atoms with Gasteiger partial charge in [0.05, 0.1) is 6.10 Å². The topological polar surface area (TPSA) is 41.5 Å². The predicted molar refractivity (Wildman–Crippen MR) is 82.2 cm³/mol. The first-order valence-electron chi connectivity index (χ1n) is 7.06. The molecule has 2 N–H and O–H groups in total. The van der Waals surface area contributed by atoms with Crippen molar-refractivity contribution < 1.29 is 14.2 Å². The average molecular weight is 289 g/mol. The third-order valence-corrected chi connectivity index (χ3v) is 3.25. The summed E-state index contributed by atoms with van der Waals surface area (Å²) in [5, 5.41) is 12.4. The fourth-order valence-electron chi connectivity index (χ4n) is 1.86. The molecule has 21 heavy (non-hydrogen) atoms. The predicted octanol–water partition coefficient (Wildman–Crippen LogP) is 4.32. The summed E-state index contributed by atoms with van der Waals surface area (Å²) in [7, 11) is 0. The number of aromatic hydroxyl groups is 1. The van der Waals surface area contributed by atoms with E-state index in [1.54, 1.807) is 6.07 Å². The molecule has 0 spiro atoms. The van der Waals surface area contributed by atoms with Crippen LogP contribution in [0.25, 0.3) is 0 Å². The Labute approximate surface area is 124 Å². The molecule has 0 radical (unpaired) electrons. The van der Waals surface area contributed by atoms with Crippen LogP contribution >= 0.6 is 0 Å². The molecule has 0 saturated carbocycles. The van der Waals surface area contributed by atoms with Gasteiger partial charge in [-0.1, -0.05) is 19.1 Å². The van der Waals surface area contributed by atoms with E-state index in [9.17, 15) is 4.39 Å². The number of nitrogens with one attached hydrogen (secondary N) is 1. The van der Waals surface area contributed by atoms with Gasteiger partial charge in [-0.15, -0.1) is 0 Å². The van der Waals surface area contributed by atoms with Gasteiger partial charge in [0.15, 0.2) is 11.6 Å². The molecule has 0 bridgehead atoms. The van der Waals surface area contributed by atoms with Gasteiger partial charge in [0, 0.05) is 18.3 Å². The molecule has 0 amide bonds. The molecule has 2 aromatic carbocycles. The molecule has 112 valence electrons. The van der Waals surface area contributed by atoms with Gasteiger partial charge in [0.25, 0.3) is 0 Å². The van der Waals surface area contributed by atoms with E-state index in [4.69, 9.17) is 9.84 Å². The molecule has 0 aliphatic rings. The summed E-state index contributed by atoms with van der Waals surface area (Å²) < 4.78 is 19.0. The van der Waals surface area contributed by atoms with Gasteiger partial charge in [0.2, 0.25) is 0 Å². The van der Waals surface area contributed by atoms with Gasteiger partial charge < -0.3 is 15.2 Å². The second kappa shape index (κ2) is 6.97. The van der Waals surface area contributed by atoms with E-state index in [-0.39, 0.29) is 11.9 Å². The molecule has 0 fully saturated rings. The summed E-state index contributed by atoms with van der Waals surface area (Å²) in [5.74, 6) is -0.128. The zero-order valence-electron chi connectivity index (χ0n) is 12.3. The molecule has 1 atom stereocenters. The fourth-order valence-corrected chi connectivity index (χ4v) is 1.86. The van der Waals surface area contributed by atoms with Crippen LogP contribution in [0.4, 0.5) is 10.1 Å². The zero-order chi connectivity index (χ0) is 15.2. The van der Waals surface area contributed by atoms with Gasteiger partial charge in [-0.25, -0.2) is 4.39 Å². The van der Waals surface area contributed by atoms with Gasteiger partial charge >= 0.3 is 0 Å². The van der Waals surface area contributed by atoms with E-state index in [0.29, 0.717) is 6.54 Å². The molecule has 2 aromatic rings. The van der Waals surface area contributed by atoms with E-state index >= 15 is 0 Å². The molecule has 0 saturated heterocycles. The Bertz CT molecular complexity index is 601. The zero-order valence-corrected chi connectivity index (χ0v) is 12.3. The van der Waals surface area contributed by atoms with Crippen molar-refractivity contribution in [2.24, 2.45) is 0 Å². The number of phenolic OH excluding ortho intramolecular Hbond substituents is 1. The summed E-state index contributed by atoms with van der Waals surface area (Å²) in [4.78, 5) is 0. The van der Waals surface area contributed by atoms with E-state index in [0.717, 1.165) is 23.4 Å². The number of hydrogen-bond acceptors (Lipinski definition) is 3. The Morgan fingerprint density at radius 2 is 2.05 bits per heavy atom. The van der Waals surface area contributed by atoms with Crippen molar-refractivity contribution in [2.75, 3.05) is 5.32 Å². The van der Waals surface area contributed by atoms with Crippen LogP contribution in [-0.2, 0) is 6.54 Å². The lowest BCUT2D eigenvalue weighted by Crippen LogP contribution is -2.09. The lowest BCUT2D eigenvalue weighted by atomic mass is 10.2. The van der Waals surface area contributed by atoms with Crippen LogP contribution in [0.2, 0.25) is 0 Å². The van der Waals surface area contributed by atoms with Crippen LogP contribution < -0.4 is 10.1 Å². The van der Waals surface area contributed by atoms with Crippen LogP contribution in [0.1, 0.15) is 25.8 Å². The smallest absolute Gasteiger partial charge is 0.165 e. The second-order valence-corrected chi connectivity index (χ2v) is 5.00. The standard InChI is InChI=1S/C17H20FNO2/c1-3-12(2)21-15-6-4-5-14(10-15)19-11-13-7-8-17(20)16(18)9-13/h4-10,12,19-20H,3,11H2,1-2H3. The number of halogens is 1. The van der Waals surface area contributed by atoms with Gasteiger partial charge in [-0.3, -0.25) is 0 Å². The number of hydrogen-bond donors (Lipinski definition) is 2. The Morgan fingerprint density at radius 3 is 2.76 bits per heavy atom. The lowest BCUT2D eigenvalue weighted by molar-refractivity contribution is 0.217. The average Bonchev–Trinajstić information content (AvgIpc) is 2.49. The molecular formula is C17H20FNO2. The molecule has 3 nitrogen and oxygen atoms in total. The maximum Gasteiger partial charge on any atom is 0.165 e. The van der Waals surface area contributed by atoms with Crippen LogP contribution in [-0.4, -0.2) is 11.2 Å². The highest BCUT2D eigenvalue weighted by Crippen LogP contribution is 2.21.